The predicted molar refractivity (Wildman–Crippen MR) is 83.5 cm³/mol. The largest absolute Gasteiger partial charge is 0.508 e. The van der Waals surface area contributed by atoms with E-state index in [-0.39, 0.29) is 11.5 Å². The van der Waals surface area contributed by atoms with Gasteiger partial charge < -0.3 is 10.2 Å². The van der Waals surface area contributed by atoms with Gasteiger partial charge in [0.15, 0.2) is 0 Å². The van der Waals surface area contributed by atoms with Crippen molar-refractivity contribution in [3.63, 3.8) is 0 Å². The van der Waals surface area contributed by atoms with Crippen molar-refractivity contribution in [3.8, 4) is 5.75 Å². The number of phenols is 1. The highest BCUT2D eigenvalue weighted by atomic mass is 16.3. The minimum atomic E-state index is -0.0919. The van der Waals surface area contributed by atoms with Crippen molar-refractivity contribution in [2.75, 3.05) is 0 Å². The lowest BCUT2D eigenvalue weighted by Crippen LogP contribution is -2.44. The number of benzene rings is 1. The summed E-state index contributed by atoms with van der Waals surface area (Å²) in [4.78, 5) is 0. The number of rotatable bonds is 0. The minimum Gasteiger partial charge on any atom is -0.508 e. The monoisotopic (exact) mass is 286 g/mol. The Morgan fingerprint density at radius 1 is 1.14 bits per heavy atom. The maximum Gasteiger partial charge on any atom is 0.116 e. The van der Waals surface area contributed by atoms with Gasteiger partial charge in [-0.1, -0.05) is 6.92 Å². The summed E-state index contributed by atoms with van der Waals surface area (Å²) in [6.45, 7) is 4.48. The summed E-state index contributed by atoms with van der Waals surface area (Å²) in [5.74, 6) is 2.49. The molecule has 0 bridgehead atoms. The molecule has 1 aromatic rings. The van der Waals surface area contributed by atoms with Gasteiger partial charge in [0.05, 0.1) is 6.10 Å². The van der Waals surface area contributed by atoms with E-state index in [1.807, 2.05) is 12.1 Å². The predicted octanol–water partition coefficient (Wildman–Crippen LogP) is 3.92. The van der Waals surface area contributed by atoms with E-state index in [1.54, 1.807) is 0 Å². The molecule has 4 rings (SSSR count). The number of aromatic hydroxyl groups is 1. The van der Waals surface area contributed by atoms with E-state index in [1.165, 1.54) is 36.0 Å². The topological polar surface area (TPSA) is 40.5 Å². The van der Waals surface area contributed by atoms with Gasteiger partial charge in [-0.05, 0) is 97.4 Å². The van der Waals surface area contributed by atoms with Gasteiger partial charge in [0.2, 0.25) is 0 Å². The molecule has 2 saturated carbocycles. The average molecular weight is 286 g/mol. The Kier molecular flexibility index (Phi) is 2.91. The summed E-state index contributed by atoms with van der Waals surface area (Å²) >= 11 is 0. The fourth-order valence-electron chi connectivity index (χ4n) is 5.93. The van der Waals surface area contributed by atoms with Crippen LogP contribution in [0.25, 0.3) is 0 Å². The summed E-state index contributed by atoms with van der Waals surface area (Å²) in [6.07, 6.45) is 6.78. The number of hydrogen-bond donors (Lipinski definition) is 2. The van der Waals surface area contributed by atoms with Crippen molar-refractivity contribution in [1.29, 1.82) is 0 Å². The van der Waals surface area contributed by atoms with E-state index >= 15 is 0 Å². The van der Waals surface area contributed by atoms with Crippen molar-refractivity contribution >= 4 is 0 Å². The number of aryl methyl sites for hydroxylation is 2. The molecule has 0 aromatic heterocycles. The van der Waals surface area contributed by atoms with Gasteiger partial charge in [-0.2, -0.15) is 0 Å². The first kappa shape index (κ1) is 13.6. The van der Waals surface area contributed by atoms with Crippen LogP contribution in [0.15, 0.2) is 12.1 Å². The number of fused-ring (bicyclic) bond motifs is 5. The van der Waals surface area contributed by atoms with Gasteiger partial charge >= 0.3 is 0 Å². The second-order valence-electron chi connectivity index (χ2n) is 7.89. The van der Waals surface area contributed by atoms with Crippen LogP contribution >= 0.6 is 0 Å². The Morgan fingerprint density at radius 3 is 2.76 bits per heavy atom. The Bertz CT molecular complexity index is 579. The lowest BCUT2D eigenvalue weighted by molar-refractivity contribution is -0.0227. The zero-order chi connectivity index (χ0) is 14.8. The third kappa shape index (κ3) is 1.81. The van der Waals surface area contributed by atoms with Crippen molar-refractivity contribution < 1.29 is 10.2 Å². The second-order valence-corrected chi connectivity index (χ2v) is 7.89. The molecule has 21 heavy (non-hydrogen) atoms. The fourth-order valence-corrected chi connectivity index (χ4v) is 5.93. The molecule has 0 saturated heterocycles. The smallest absolute Gasteiger partial charge is 0.116 e. The van der Waals surface area contributed by atoms with E-state index in [2.05, 4.69) is 13.8 Å². The highest BCUT2D eigenvalue weighted by molar-refractivity contribution is 5.45. The van der Waals surface area contributed by atoms with Crippen molar-refractivity contribution in [2.45, 2.75) is 64.4 Å². The molecule has 2 N–H and O–H groups in total. The zero-order valence-corrected chi connectivity index (χ0v) is 13.1. The van der Waals surface area contributed by atoms with E-state index in [0.717, 1.165) is 25.2 Å². The molecule has 0 unspecified atom stereocenters. The number of phenolic OH excluding ortho intramolecular Hbond substituents is 1. The summed E-state index contributed by atoms with van der Waals surface area (Å²) < 4.78 is 0. The van der Waals surface area contributed by atoms with Crippen LogP contribution in [0.2, 0.25) is 0 Å². The highest BCUT2D eigenvalue weighted by Crippen LogP contribution is 2.61. The van der Waals surface area contributed by atoms with E-state index in [9.17, 15) is 10.2 Å². The minimum absolute atomic E-state index is 0.0919. The quantitative estimate of drug-likeness (QED) is 0.759. The zero-order valence-electron chi connectivity index (χ0n) is 13.1. The number of aliphatic hydroxyl groups is 1. The maximum absolute atomic E-state index is 10.4. The first-order valence-electron chi connectivity index (χ1n) is 8.51. The Labute approximate surface area is 127 Å². The van der Waals surface area contributed by atoms with Crippen LogP contribution in [0, 0.1) is 24.2 Å². The Hall–Kier alpha value is -1.02. The molecular formula is C19H26O2. The number of hydrogen-bond acceptors (Lipinski definition) is 2. The highest BCUT2D eigenvalue weighted by Gasteiger charge is 2.54. The standard InChI is InChI=1S/C19H26O2/c1-11-9-13(20)10-12-3-4-14-15(18(11)12)7-8-19(2)16(14)5-6-17(19)21/h9-10,14-17,20-21H,3-8H2,1-2H3/t14-,15-,16-,17-,19-/m0/s1. The summed E-state index contributed by atoms with van der Waals surface area (Å²) in [5, 5.41) is 20.3. The van der Waals surface area contributed by atoms with Crippen LogP contribution < -0.4 is 0 Å². The fraction of sp³-hybridized carbons (Fsp3) is 0.684. The average Bonchev–Trinajstić information content (AvgIpc) is 2.74. The molecule has 114 valence electrons. The Balaban J connectivity index is 1.75. The van der Waals surface area contributed by atoms with E-state index < -0.39 is 0 Å². The molecule has 0 amide bonds. The molecule has 0 radical (unpaired) electrons. The third-order valence-corrected chi connectivity index (χ3v) is 6.96. The van der Waals surface area contributed by atoms with Gasteiger partial charge in [0, 0.05) is 0 Å². The molecule has 0 heterocycles. The molecule has 2 fully saturated rings. The van der Waals surface area contributed by atoms with Crippen molar-refractivity contribution in [2.24, 2.45) is 17.3 Å². The lowest BCUT2D eigenvalue weighted by Gasteiger charge is -2.50. The molecule has 2 nitrogen and oxygen atoms in total. The molecule has 3 aliphatic carbocycles. The summed E-state index contributed by atoms with van der Waals surface area (Å²) in [5.41, 5.74) is 4.31. The van der Waals surface area contributed by atoms with Gasteiger partial charge in [-0.15, -0.1) is 0 Å². The first-order chi connectivity index (χ1) is 10.0. The van der Waals surface area contributed by atoms with Crippen LogP contribution in [0.1, 0.15) is 61.6 Å². The molecular weight excluding hydrogens is 260 g/mol. The van der Waals surface area contributed by atoms with Crippen LogP contribution in [0.4, 0.5) is 0 Å². The molecule has 0 aliphatic heterocycles. The number of aliphatic hydroxyl groups excluding tert-OH is 1. The summed E-state index contributed by atoms with van der Waals surface area (Å²) in [6, 6.07) is 3.91. The lowest BCUT2D eigenvalue weighted by atomic mass is 9.55. The molecule has 0 spiro atoms. The van der Waals surface area contributed by atoms with Crippen molar-refractivity contribution in [1.82, 2.24) is 0 Å². The van der Waals surface area contributed by atoms with E-state index in [4.69, 9.17) is 0 Å². The van der Waals surface area contributed by atoms with Gasteiger partial charge in [-0.25, -0.2) is 0 Å². The molecule has 2 heteroatoms. The van der Waals surface area contributed by atoms with Crippen LogP contribution in [-0.4, -0.2) is 16.3 Å². The second kappa shape index (κ2) is 4.49. The third-order valence-electron chi connectivity index (χ3n) is 6.96. The van der Waals surface area contributed by atoms with E-state index in [0.29, 0.717) is 17.6 Å². The maximum atomic E-state index is 10.4. The van der Waals surface area contributed by atoms with Gasteiger partial charge in [0.25, 0.3) is 0 Å². The van der Waals surface area contributed by atoms with Crippen LogP contribution in [0.5, 0.6) is 5.75 Å². The normalized spacial score (nSPS) is 41.3. The molecule has 1 aromatic carbocycles. The molecule has 5 atom stereocenters. The first-order valence-corrected chi connectivity index (χ1v) is 8.51. The summed E-state index contributed by atoms with van der Waals surface area (Å²) in [7, 11) is 0. The SMILES string of the molecule is Cc1cc(O)cc2c1[C@H]1CC[C@]3(C)[C@@H](O)CC[C@H]3[C@H]1CC2. The van der Waals surface area contributed by atoms with Crippen LogP contribution in [-0.2, 0) is 6.42 Å². The molecule has 3 aliphatic rings. The van der Waals surface area contributed by atoms with Crippen LogP contribution in [0.3, 0.4) is 0 Å². The van der Waals surface area contributed by atoms with Crippen molar-refractivity contribution in [3.05, 3.63) is 28.8 Å². The van der Waals surface area contributed by atoms with Gasteiger partial charge in [-0.3, -0.25) is 0 Å². The Morgan fingerprint density at radius 2 is 1.95 bits per heavy atom. The van der Waals surface area contributed by atoms with Gasteiger partial charge in [0.1, 0.15) is 5.75 Å².